The van der Waals surface area contributed by atoms with E-state index in [2.05, 4.69) is 5.32 Å². The van der Waals surface area contributed by atoms with Crippen LogP contribution in [-0.4, -0.2) is 21.8 Å². The molecule has 17 heavy (non-hydrogen) atoms. The van der Waals surface area contributed by atoms with Crippen molar-refractivity contribution in [1.29, 1.82) is 0 Å². The summed E-state index contributed by atoms with van der Waals surface area (Å²) in [6.45, 7) is 2.90. The highest BCUT2D eigenvalue weighted by Gasteiger charge is 2.32. The van der Waals surface area contributed by atoms with Gasteiger partial charge in [0.15, 0.2) is 0 Å². The second-order valence-corrected chi connectivity index (χ2v) is 4.60. The number of amides is 1. The second kappa shape index (κ2) is 4.89. The molecule has 0 fully saturated rings. The molecule has 4 nitrogen and oxygen atoms in total. The highest BCUT2D eigenvalue weighted by Crippen LogP contribution is 2.30. The SMILES string of the molecule is CC(C)(NC(=O)O)[C@H](O)c1cccc(Cl)c1F. The molecule has 0 aliphatic rings. The van der Waals surface area contributed by atoms with E-state index in [1.807, 2.05) is 0 Å². The molecule has 0 aliphatic heterocycles. The molecule has 1 aromatic rings. The van der Waals surface area contributed by atoms with E-state index in [1.165, 1.54) is 32.0 Å². The molecule has 0 aromatic heterocycles. The van der Waals surface area contributed by atoms with Gasteiger partial charge in [0.1, 0.15) is 11.9 Å². The zero-order chi connectivity index (χ0) is 13.2. The summed E-state index contributed by atoms with van der Waals surface area (Å²) in [7, 11) is 0. The van der Waals surface area contributed by atoms with Crippen LogP contribution in [0.25, 0.3) is 0 Å². The molecule has 0 bridgehead atoms. The van der Waals surface area contributed by atoms with E-state index < -0.39 is 23.6 Å². The molecule has 6 heteroatoms. The van der Waals surface area contributed by atoms with Gasteiger partial charge in [-0.15, -0.1) is 0 Å². The van der Waals surface area contributed by atoms with Crippen LogP contribution < -0.4 is 5.32 Å². The summed E-state index contributed by atoms with van der Waals surface area (Å²) < 4.78 is 13.7. The Kier molecular flexibility index (Phi) is 3.95. The number of aliphatic hydroxyl groups excluding tert-OH is 1. The first-order chi connectivity index (χ1) is 7.75. The van der Waals surface area contributed by atoms with Gasteiger partial charge < -0.3 is 15.5 Å². The first-order valence-electron chi connectivity index (χ1n) is 4.89. The van der Waals surface area contributed by atoms with Gasteiger partial charge in [-0.2, -0.15) is 0 Å². The van der Waals surface area contributed by atoms with Crippen molar-refractivity contribution in [1.82, 2.24) is 5.32 Å². The molecule has 0 saturated carbocycles. The quantitative estimate of drug-likeness (QED) is 0.783. The Hall–Kier alpha value is -1.33. The first-order valence-corrected chi connectivity index (χ1v) is 5.26. The molecule has 1 aromatic carbocycles. The third-order valence-electron chi connectivity index (χ3n) is 2.39. The Morgan fingerprint density at radius 2 is 2.12 bits per heavy atom. The maximum atomic E-state index is 13.7. The molecule has 0 saturated heterocycles. The van der Waals surface area contributed by atoms with E-state index in [-0.39, 0.29) is 10.6 Å². The lowest BCUT2D eigenvalue weighted by Crippen LogP contribution is -2.47. The van der Waals surface area contributed by atoms with Gasteiger partial charge in [0, 0.05) is 5.56 Å². The molecule has 94 valence electrons. The molecule has 1 amide bonds. The summed E-state index contributed by atoms with van der Waals surface area (Å²) in [4.78, 5) is 10.6. The smallest absolute Gasteiger partial charge is 0.405 e. The Morgan fingerprint density at radius 1 is 1.53 bits per heavy atom. The van der Waals surface area contributed by atoms with Gasteiger partial charge in [0.2, 0.25) is 0 Å². The van der Waals surface area contributed by atoms with E-state index in [0.717, 1.165) is 0 Å². The van der Waals surface area contributed by atoms with Crippen molar-refractivity contribution in [3.63, 3.8) is 0 Å². The average Bonchev–Trinajstić information content (AvgIpc) is 2.19. The minimum atomic E-state index is -1.34. The van der Waals surface area contributed by atoms with Crippen molar-refractivity contribution >= 4 is 17.7 Å². The molecule has 3 N–H and O–H groups in total. The number of rotatable bonds is 3. The third kappa shape index (κ3) is 3.08. The lowest BCUT2D eigenvalue weighted by molar-refractivity contribution is 0.0748. The molecule has 0 unspecified atom stereocenters. The van der Waals surface area contributed by atoms with Crippen LogP contribution >= 0.6 is 11.6 Å². The number of nitrogens with one attached hydrogen (secondary N) is 1. The van der Waals surface area contributed by atoms with Gasteiger partial charge in [0.25, 0.3) is 0 Å². The number of hydrogen-bond donors (Lipinski definition) is 3. The molecule has 1 atom stereocenters. The Balaban J connectivity index is 3.07. The predicted molar refractivity (Wildman–Crippen MR) is 61.6 cm³/mol. The molecular formula is C11H13ClFNO3. The van der Waals surface area contributed by atoms with E-state index in [4.69, 9.17) is 16.7 Å². The molecular weight excluding hydrogens is 249 g/mol. The number of carboxylic acid groups (broad SMARTS) is 1. The summed E-state index contributed by atoms with van der Waals surface area (Å²) in [5, 5.41) is 20.6. The minimum Gasteiger partial charge on any atom is -0.465 e. The highest BCUT2D eigenvalue weighted by atomic mass is 35.5. The summed E-state index contributed by atoms with van der Waals surface area (Å²) >= 11 is 5.59. The van der Waals surface area contributed by atoms with Crippen LogP contribution in [0.15, 0.2) is 18.2 Å². The minimum absolute atomic E-state index is 0.0451. The van der Waals surface area contributed by atoms with Gasteiger partial charge in [-0.3, -0.25) is 0 Å². The molecule has 0 heterocycles. The normalized spacial score (nSPS) is 13.2. The molecule has 1 rings (SSSR count). The Bertz CT molecular complexity index is 437. The van der Waals surface area contributed by atoms with Gasteiger partial charge >= 0.3 is 6.09 Å². The zero-order valence-electron chi connectivity index (χ0n) is 9.37. The summed E-state index contributed by atoms with van der Waals surface area (Å²) in [6, 6.07) is 4.20. The van der Waals surface area contributed by atoms with Crippen LogP contribution in [0.2, 0.25) is 5.02 Å². The number of aliphatic hydroxyl groups is 1. The fraction of sp³-hybridized carbons (Fsp3) is 0.364. The van der Waals surface area contributed by atoms with Gasteiger partial charge in [-0.1, -0.05) is 23.7 Å². The van der Waals surface area contributed by atoms with Crippen LogP contribution in [0.1, 0.15) is 25.5 Å². The topological polar surface area (TPSA) is 69.6 Å². The fourth-order valence-electron chi connectivity index (χ4n) is 1.46. The van der Waals surface area contributed by atoms with Gasteiger partial charge in [-0.25, -0.2) is 9.18 Å². The average molecular weight is 262 g/mol. The van der Waals surface area contributed by atoms with Crippen molar-refractivity contribution in [2.45, 2.75) is 25.5 Å². The lowest BCUT2D eigenvalue weighted by atomic mass is 9.91. The van der Waals surface area contributed by atoms with Crippen molar-refractivity contribution in [3.8, 4) is 0 Å². The van der Waals surface area contributed by atoms with Crippen LogP contribution in [0.3, 0.4) is 0 Å². The van der Waals surface area contributed by atoms with Crippen molar-refractivity contribution in [3.05, 3.63) is 34.6 Å². The Morgan fingerprint density at radius 3 is 2.65 bits per heavy atom. The highest BCUT2D eigenvalue weighted by molar-refractivity contribution is 6.30. The van der Waals surface area contributed by atoms with Gasteiger partial charge in [0.05, 0.1) is 10.6 Å². The van der Waals surface area contributed by atoms with Crippen LogP contribution in [0, 0.1) is 5.82 Å². The molecule has 0 radical (unpaired) electrons. The maximum Gasteiger partial charge on any atom is 0.405 e. The van der Waals surface area contributed by atoms with Crippen LogP contribution in [-0.2, 0) is 0 Å². The largest absolute Gasteiger partial charge is 0.465 e. The Labute approximate surface area is 103 Å². The maximum absolute atomic E-state index is 13.7. The number of halogens is 2. The predicted octanol–water partition coefficient (Wildman–Crippen LogP) is 2.56. The lowest BCUT2D eigenvalue weighted by Gasteiger charge is -2.30. The monoisotopic (exact) mass is 261 g/mol. The van der Waals surface area contributed by atoms with E-state index >= 15 is 0 Å². The van der Waals surface area contributed by atoms with E-state index in [0.29, 0.717) is 0 Å². The van der Waals surface area contributed by atoms with Crippen molar-refractivity contribution < 1.29 is 19.4 Å². The molecule has 0 aliphatic carbocycles. The van der Waals surface area contributed by atoms with Crippen LogP contribution in [0.5, 0.6) is 0 Å². The fourth-order valence-corrected chi connectivity index (χ4v) is 1.65. The number of benzene rings is 1. The van der Waals surface area contributed by atoms with Crippen LogP contribution in [0.4, 0.5) is 9.18 Å². The molecule has 0 spiro atoms. The summed E-state index contributed by atoms with van der Waals surface area (Å²) in [6.07, 6.45) is -2.63. The number of carbonyl (C=O) groups is 1. The second-order valence-electron chi connectivity index (χ2n) is 4.20. The number of hydrogen-bond acceptors (Lipinski definition) is 2. The third-order valence-corrected chi connectivity index (χ3v) is 2.68. The van der Waals surface area contributed by atoms with Crippen molar-refractivity contribution in [2.75, 3.05) is 0 Å². The van der Waals surface area contributed by atoms with Gasteiger partial charge in [-0.05, 0) is 19.9 Å². The first kappa shape index (κ1) is 13.7. The van der Waals surface area contributed by atoms with E-state index in [1.54, 1.807) is 0 Å². The summed E-state index contributed by atoms with van der Waals surface area (Å²) in [5.74, 6) is -0.748. The van der Waals surface area contributed by atoms with E-state index in [9.17, 15) is 14.3 Å². The standard InChI is InChI=1S/C11H13ClFNO3/c1-11(2,14-10(16)17)9(15)6-4-3-5-7(12)8(6)13/h3-5,9,14-15H,1-2H3,(H,16,17)/t9-/m1/s1. The summed E-state index contributed by atoms with van der Waals surface area (Å²) in [5.41, 5.74) is -1.27. The zero-order valence-corrected chi connectivity index (χ0v) is 10.1. The van der Waals surface area contributed by atoms with Crippen molar-refractivity contribution in [2.24, 2.45) is 0 Å².